The zero-order chi connectivity index (χ0) is 14.8. The van der Waals surface area contributed by atoms with Crippen LogP contribution in [0.1, 0.15) is 5.56 Å². The van der Waals surface area contributed by atoms with E-state index in [0.717, 1.165) is 0 Å². The van der Waals surface area contributed by atoms with Gasteiger partial charge in [-0.2, -0.15) is 13.7 Å². The Bertz CT molecular complexity index is 799. The van der Waals surface area contributed by atoms with E-state index in [1.54, 1.807) is 0 Å². The van der Waals surface area contributed by atoms with Crippen molar-refractivity contribution in [3.05, 3.63) is 47.1 Å². The molecule has 0 aliphatic rings. The van der Waals surface area contributed by atoms with Crippen molar-refractivity contribution in [1.29, 1.82) is 5.26 Å². The largest absolute Gasteiger partial charge is 0.396 e. The molecule has 3 N–H and O–H groups in total. The molecule has 102 valence electrons. The zero-order valence-corrected chi connectivity index (χ0v) is 11.6. The average molecular weight is 309 g/mol. The number of halogens is 1. The van der Waals surface area contributed by atoms with Crippen molar-refractivity contribution in [3.63, 3.8) is 0 Å². The van der Waals surface area contributed by atoms with Crippen LogP contribution >= 0.6 is 11.6 Å². The number of nitrogens with zero attached hydrogens (tertiary/aromatic N) is 2. The van der Waals surface area contributed by atoms with Crippen LogP contribution in [0.15, 0.2) is 41.6 Å². The molecule has 6 nitrogen and oxygen atoms in total. The van der Waals surface area contributed by atoms with Crippen molar-refractivity contribution in [1.82, 2.24) is 4.98 Å². The first-order chi connectivity index (χ1) is 9.44. The minimum Gasteiger partial charge on any atom is -0.396 e. The van der Waals surface area contributed by atoms with E-state index < -0.39 is 10.0 Å². The van der Waals surface area contributed by atoms with Crippen LogP contribution in [-0.2, 0) is 10.0 Å². The highest BCUT2D eigenvalue weighted by atomic mass is 35.5. The third-order valence-electron chi connectivity index (χ3n) is 2.40. The van der Waals surface area contributed by atoms with Crippen LogP contribution < -0.4 is 10.5 Å². The number of nitrogens with two attached hydrogens (primary N) is 1. The summed E-state index contributed by atoms with van der Waals surface area (Å²) in [7, 11) is -3.94. The molecule has 0 saturated carbocycles. The summed E-state index contributed by atoms with van der Waals surface area (Å²) in [6.07, 6.45) is 1.32. The Labute approximate surface area is 120 Å². The molecule has 1 aromatic heterocycles. The van der Waals surface area contributed by atoms with Crippen LogP contribution in [0.25, 0.3) is 0 Å². The summed E-state index contributed by atoms with van der Waals surface area (Å²) in [5.41, 5.74) is 6.10. The molecule has 0 unspecified atom stereocenters. The number of nitrogens with one attached hydrogen (secondary N) is 1. The Morgan fingerprint density at radius 1 is 1.35 bits per heavy atom. The maximum absolute atomic E-state index is 12.2. The summed E-state index contributed by atoms with van der Waals surface area (Å²) >= 11 is 5.91. The molecule has 2 aromatic rings. The molecule has 0 aliphatic carbocycles. The second kappa shape index (κ2) is 5.36. The van der Waals surface area contributed by atoms with E-state index >= 15 is 0 Å². The van der Waals surface area contributed by atoms with Crippen molar-refractivity contribution in [3.8, 4) is 6.07 Å². The summed E-state index contributed by atoms with van der Waals surface area (Å²) in [6.45, 7) is 0. The monoisotopic (exact) mass is 308 g/mol. The molecule has 0 fully saturated rings. The van der Waals surface area contributed by atoms with Gasteiger partial charge in [-0.1, -0.05) is 11.6 Å². The Kier molecular flexibility index (Phi) is 3.79. The number of aromatic nitrogens is 1. The summed E-state index contributed by atoms with van der Waals surface area (Å²) in [5, 5.41) is 8.56. The van der Waals surface area contributed by atoms with Crippen LogP contribution in [0.3, 0.4) is 0 Å². The Balaban J connectivity index is 2.40. The van der Waals surface area contributed by atoms with Gasteiger partial charge in [-0.25, -0.2) is 4.98 Å². The fraction of sp³-hybridized carbons (Fsp3) is 0. The van der Waals surface area contributed by atoms with Gasteiger partial charge in [0, 0.05) is 6.20 Å². The van der Waals surface area contributed by atoms with E-state index in [1.807, 2.05) is 6.07 Å². The van der Waals surface area contributed by atoms with Crippen molar-refractivity contribution < 1.29 is 8.42 Å². The number of rotatable bonds is 3. The molecule has 1 heterocycles. The lowest BCUT2D eigenvalue weighted by atomic mass is 10.2. The predicted octanol–water partition coefficient (Wildman–Crippen LogP) is 1.99. The quantitative estimate of drug-likeness (QED) is 0.901. The summed E-state index contributed by atoms with van der Waals surface area (Å²) in [6, 6.07) is 9.08. The van der Waals surface area contributed by atoms with Gasteiger partial charge >= 0.3 is 0 Å². The van der Waals surface area contributed by atoms with E-state index in [9.17, 15) is 8.42 Å². The maximum atomic E-state index is 12.2. The van der Waals surface area contributed by atoms with E-state index in [4.69, 9.17) is 22.6 Å². The third-order valence-corrected chi connectivity index (χ3v) is 4.05. The normalized spacial score (nSPS) is 10.8. The van der Waals surface area contributed by atoms with Crippen LogP contribution in [0, 0.1) is 11.3 Å². The van der Waals surface area contributed by atoms with Crippen LogP contribution in [0.4, 0.5) is 11.4 Å². The number of nitriles is 1. The minimum absolute atomic E-state index is 0.0322. The molecule has 0 radical (unpaired) electrons. The van der Waals surface area contributed by atoms with E-state index in [0.29, 0.717) is 5.56 Å². The standard InChI is InChI=1S/C12H9ClN4O2S/c13-9-6-8(7-14)3-4-11(9)17-20(18,19)12-10(15)2-1-5-16-12/h1-6,17H,15H2. The zero-order valence-electron chi connectivity index (χ0n) is 10.0. The molecular weight excluding hydrogens is 300 g/mol. The van der Waals surface area contributed by atoms with E-state index in [-0.39, 0.29) is 21.4 Å². The Morgan fingerprint density at radius 2 is 2.10 bits per heavy atom. The molecule has 0 aliphatic heterocycles. The van der Waals surface area contributed by atoms with E-state index in [2.05, 4.69) is 9.71 Å². The highest BCUT2D eigenvalue weighted by Gasteiger charge is 2.20. The first-order valence-corrected chi connectivity index (χ1v) is 7.23. The lowest BCUT2D eigenvalue weighted by Gasteiger charge is -2.10. The first-order valence-electron chi connectivity index (χ1n) is 5.37. The molecule has 0 bridgehead atoms. The van der Waals surface area contributed by atoms with Crippen molar-refractivity contribution in [2.45, 2.75) is 5.03 Å². The number of nitrogen functional groups attached to an aromatic ring is 1. The second-order valence-electron chi connectivity index (χ2n) is 3.81. The van der Waals surface area contributed by atoms with Crippen LogP contribution in [0.5, 0.6) is 0 Å². The molecular formula is C12H9ClN4O2S. The summed E-state index contributed by atoms with van der Waals surface area (Å²) in [5.74, 6) is 0. The Morgan fingerprint density at radius 3 is 2.70 bits per heavy atom. The molecule has 0 spiro atoms. The van der Waals surface area contributed by atoms with Gasteiger partial charge in [-0.15, -0.1) is 0 Å². The van der Waals surface area contributed by atoms with Gasteiger partial charge in [-0.05, 0) is 30.3 Å². The molecule has 0 atom stereocenters. The SMILES string of the molecule is N#Cc1ccc(NS(=O)(=O)c2ncccc2N)c(Cl)c1. The van der Waals surface area contributed by atoms with Gasteiger partial charge < -0.3 is 5.73 Å². The van der Waals surface area contributed by atoms with Gasteiger partial charge in [0.25, 0.3) is 10.0 Å². The number of sulfonamides is 1. The highest BCUT2D eigenvalue weighted by Crippen LogP contribution is 2.26. The first kappa shape index (κ1) is 14.1. The molecule has 1 aromatic carbocycles. The summed E-state index contributed by atoms with van der Waals surface area (Å²) < 4.78 is 26.6. The summed E-state index contributed by atoms with van der Waals surface area (Å²) in [4.78, 5) is 3.74. The highest BCUT2D eigenvalue weighted by molar-refractivity contribution is 7.92. The van der Waals surface area contributed by atoms with Gasteiger partial charge in [0.05, 0.1) is 28.0 Å². The van der Waals surface area contributed by atoms with Gasteiger partial charge in [0.15, 0.2) is 5.03 Å². The van der Waals surface area contributed by atoms with E-state index in [1.165, 1.54) is 36.5 Å². The van der Waals surface area contributed by atoms with Crippen LogP contribution in [0.2, 0.25) is 5.02 Å². The van der Waals surface area contributed by atoms with Crippen LogP contribution in [-0.4, -0.2) is 13.4 Å². The van der Waals surface area contributed by atoms with Gasteiger partial charge in [0.1, 0.15) is 0 Å². The predicted molar refractivity (Wildman–Crippen MR) is 75.6 cm³/mol. The number of hydrogen-bond donors (Lipinski definition) is 2. The number of hydrogen-bond acceptors (Lipinski definition) is 5. The molecule has 20 heavy (non-hydrogen) atoms. The number of anilines is 2. The maximum Gasteiger partial charge on any atom is 0.281 e. The van der Waals surface area contributed by atoms with Gasteiger partial charge in [0.2, 0.25) is 0 Å². The van der Waals surface area contributed by atoms with Crippen molar-refractivity contribution in [2.24, 2.45) is 0 Å². The minimum atomic E-state index is -3.94. The fourth-order valence-electron chi connectivity index (χ4n) is 1.49. The second-order valence-corrected chi connectivity index (χ2v) is 5.81. The lowest BCUT2D eigenvalue weighted by molar-refractivity contribution is 0.598. The average Bonchev–Trinajstić information content (AvgIpc) is 2.41. The Hall–Kier alpha value is -2.30. The van der Waals surface area contributed by atoms with Crippen molar-refractivity contribution >= 4 is 33.0 Å². The van der Waals surface area contributed by atoms with Gasteiger partial charge in [-0.3, -0.25) is 4.72 Å². The molecule has 2 rings (SSSR count). The smallest absolute Gasteiger partial charge is 0.281 e. The van der Waals surface area contributed by atoms with Crippen molar-refractivity contribution in [2.75, 3.05) is 10.5 Å². The fourth-order valence-corrected chi connectivity index (χ4v) is 2.91. The number of benzene rings is 1. The lowest BCUT2D eigenvalue weighted by Crippen LogP contribution is -2.16. The topological polar surface area (TPSA) is 109 Å². The molecule has 0 saturated heterocycles. The number of pyridine rings is 1. The molecule has 8 heteroatoms. The molecule has 0 amide bonds. The third kappa shape index (κ3) is 2.82.